The summed E-state index contributed by atoms with van der Waals surface area (Å²) in [5.74, 6) is -0.150. The molecule has 0 bridgehead atoms. The van der Waals surface area contributed by atoms with Crippen LogP contribution in [0, 0.1) is 5.41 Å². The van der Waals surface area contributed by atoms with E-state index in [0.29, 0.717) is 0 Å². The molecule has 0 unspecified atom stereocenters. The molecule has 0 aliphatic carbocycles. The van der Waals surface area contributed by atoms with E-state index in [4.69, 9.17) is 78.7 Å². The van der Waals surface area contributed by atoms with Crippen molar-refractivity contribution >= 4 is 85.3 Å². The van der Waals surface area contributed by atoms with E-state index in [1.165, 1.54) is 0 Å². The van der Waals surface area contributed by atoms with Crippen LogP contribution < -0.4 is 0 Å². The summed E-state index contributed by atoms with van der Waals surface area (Å²) in [5, 5.41) is 0. The summed E-state index contributed by atoms with van der Waals surface area (Å²) in [7, 11) is -10.1. The van der Waals surface area contributed by atoms with Crippen molar-refractivity contribution in [3.05, 3.63) is 0 Å². The quantitative estimate of drug-likeness (QED) is 0.231. The van der Waals surface area contributed by atoms with Crippen molar-refractivity contribution in [2.45, 2.75) is 36.9 Å². The first-order valence-corrected chi connectivity index (χ1v) is 14.3. The fraction of sp³-hybridized carbons (Fsp3) is 1.00. The second-order valence-corrected chi connectivity index (χ2v) is 11.2. The highest BCUT2D eigenvalue weighted by atomic mass is 35.5. The number of halogens is 6. The van der Waals surface area contributed by atoms with Crippen molar-refractivity contribution in [2.24, 2.45) is 5.41 Å². The van der Waals surface area contributed by atoms with Crippen molar-refractivity contribution < 1.29 is 32.3 Å². The van der Waals surface area contributed by atoms with E-state index in [1.54, 1.807) is 0 Å². The Morgan fingerprint density at radius 1 is 0.786 bits per heavy atom. The fourth-order valence-corrected chi connectivity index (χ4v) is 9.12. The van der Waals surface area contributed by atoms with Crippen LogP contribution >= 0.6 is 85.3 Å². The van der Waals surface area contributed by atoms with Gasteiger partial charge in [-0.2, -0.15) is 4.31 Å². The summed E-state index contributed by atoms with van der Waals surface area (Å²) in [5.41, 5.74) is -4.18. The summed E-state index contributed by atoms with van der Waals surface area (Å²) in [4.78, 5) is 18.5. The second kappa shape index (κ2) is 11.2. The zero-order valence-corrected chi connectivity index (χ0v) is 21.0. The number of rotatable bonds is 12. The molecule has 0 aromatic heterocycles. The maximum atomic E-state index is 13.3. The van der Waals surface area contributed by atoms with Crippen LogP contribution in [-0.4, -0.2) is 56.3 Å². The van der Waals surface area contributed by atoms with E-state index in [1.807, 2.05) is 0 Å². The lowest BCUT2D eigenvalue weighted by Gasteiger charge is -2.62. The lowest BCUT2D eigenvalue weighted by atomic mass is 9.59. The Kier molecular flexibility index (Phi) is 11.2. The zero-order chi connectivity index (χ0) is 21.7. The van der Waals surface area contributed by atoms with Crippen molar-refractivity contribution in [3.8, 4) is 0 Å². The van der Waals surface area contributed by atoms with Crippen LogP contribution in [0.5, 0.6) is 0 Å². The molecule has 1 heterocycles. The molecule has 0 aromatic rings. The fourth-order valence-electron chi connectivity index (χ4n) is 3.72. The summed E-state index contributed by atoms with van der Waals surface area (Å²) in [6.07, 6.45) is 0.242. The van der Waals surface area contributed by atoms with E-state index in [9.17, 15) is 18.9 Å². The first kappa shape index (κ1) is 28.0. The average molecular weight is 565 g/mol. The SMILES string of the molecule is O=P(O)(O)OP1(=O)OC(CCCl)(CCCl)C(CCl)(CCl)C(CCCl)(CCCl)O1. The molecule has 0 amide bonds. The third kappa shape index (κ3) is 5.67. The Hall–Kier alpha value is 2.00. The molecule has 28 heavy (non-hydrogen) atoms. The highest BCUT2D eigenvalue weighted by Crippen LogP contribution is 2.74. The van der Waals surface area contributed by atoms with Gasteiger partial charge in [-0.15, -0.1) is 69.6 Å². The van der Waals surface area contributed by atoms with Crippen LogP contribution in [0.25, 0.3) is 0 Å². The number of hydrogen-bond donors (Lipinski definition) is 2. The first-order chi connectivity index (χ1) is 13.0. The lowest BCUT2D eigenvalue weighted by molar-refractivity contribution is -0.210. The third-order valence-corrected chi connectivity index (χ3v) is 9.44. The summed E-state index contributed by atoms with van der Waals surface area (Å²) >= 11 is 36.7. The van der Waals surface area contributed by atoms with E-state index in [-0.39, 0.29) is 61.0 Å². The average Bonchev–Trinajstić information content (AvgIpc) is 2.54. The van der Waals surface area contributed by atoms with Gasteiger partial charge in [-0.1, -0.05) is 0 Å². The van der Waals surface area contributed by atoms with Crippen molar-refractivity contribution in [2.75, 3.05) is 35.3 Å². The van der Waals surface area contributed by atoms with Gasteiger partial charge < -0.3 is 9.79 Å². The first-order valence-electron chi connectivity index (χ1n) is 8.13. The second-order valence-electron chi connectivity index (χ2n) is 6.30. The molecule has 0 saturated carbocycles. The molecular weight excluding hydrogens is 543 g/mol. The van der Waals surface area contributed by atoms with Gasteiger partial charge in [0.05, 0.1) is 16.6 Å². The molecule has 0 spiro atoms. The summed E-state index contributed by atoms with van der Waals surface area (Å²) in [6.45, 7) is 0. The molecular formula is C13H22Cl6O7P2. The number of phosphoric ester groups is 1. The van der Waals surface area contributed by atoms with Gasteiger partial charge in [-0.3, -0.25) is 9.05 Å². The molecule has 1 fully saturated rings. The van der Waals surface area contributed by atoms with Crippen LogP contribution in [0.2, 0.25) is 0 Å². The molecule has 168 valence electrons. The largest absolute Gasteiger partial charge is 0.484 e. The Labute approximate surface area is 194 Å². The van der Waals surface area contributed by atoms with Crippen molar-refractivity contribution in [1.29, 1.82) is 0 Å². The maximum Gasteiger partial charge on any atom is 0.484 e. The number of alkyl halides is 6. The van der Waals surface area contributed by atoms with E-state index in [2.05, 4.69) is 4.31 Å². The Morgan fingerprint density at radius 2 is 1.11 bits per heavy atom. The van der Waals surface area contributed by atoms with Gasteiger partial charge in [0.25, 0.3) is 0 Å². The molecule has 0 aromatic carbocycles. The standard InChI is InChI=1S/C13H22Cl6O7P2/c14-5-1-12(2-6-15)11(9-18,10-19)13(3-7-16,4-8-17)25-28(23,24-12)26-27(20,21)22/h1-10H2,(H2,20,21,22). The van der Waals surface area contributed by atoms with Gasteiger partial charge in [0.2, 0.25) is 0 Å². The normalized spacial score (nSPS) is 22.9. The summed E-state index contributed by atoms with van der Waals surface area (Å²) < 4.78 is 40.5. The molecule has 0 atom stereocenters. The molecule has 7 nitrogen and oxygen atoms in total. The molecule has 1 rings (SSSR count). The van der Waals surface area contributed by atoms with Gasteiger partial charge in [-0.05, 0) is 25.7 Å². The van der Waals surface area contributed by atoms with Crippen LogP contribution in [0.15, 0.2) is 0 Å². The van der Waals surface area contributed by atoms with Crippen LogP contribution in [0.3, 0.4) is 0 Å². The Morgan fingerprint density at radius 3 is 1.32 bits per heavy atom. The molecule has 1 saturated heterocycles. The van der Waals surface area contributed by atoms with E-state index >= 15 is 0 Å². The van der Waals surface area contributed by atoms with Gasteiger partial charge in [0, 0.05) is 35.3 Å². The van der Waals surface area contributed by atoms with Crippen molar-refractivity contribution in [3.63, 3.8) is 0 Å². The van der Waals surface area contributed by atoms with Crippen LogP contribution in [-0.2, 0) is 22.5 Å². The third-order valence-electron chi connectivity index (χ3n) is 4.97. The number of phosphoric acid groups is 2. The van der Waals surface area contributed by atoms with Gasteiger partial charge in [-0.25, -0.2) is 9.13 Å². The minimum Gasteiger partial charge on any atom is -0.302 e. The molecule has 15 heteroatoms. The van der Waals surface area contributed by atoms with Crippen molar-refractivity contribution in [1.82, 2.24) is 0 Å². The highest BCUT2D eigenvalue weighted by molar-refractivity contribution is 7.61. The Balaban J connectivity index is 3.81. The molecule has 1 aliphatic heterocycles. The predicted octanol–water partition coefficient (Wildman–Crippen LogP) is 5.71. The van der Waals surface area contributed by atoms with Gasteiger partial charge in [0.15, 0.2) is 0 Å². The topological polar surface area (TPSA) is 102 Å². The zero-order valence-electron chi connectivity index (χ0n) is 14.7. The predicted molar refractivity (Wildman–Crippen MR) is 114 cm³/mol. The Bertz CT molecular complexity index is 556. The lowest BCUT2D eigenvalue weighted by Crippen LogP contribution is -2.69. The summed E-state index contributed by atoms with van der Waals surface area (Å²) in [6, 6.07) is 0. The van der Waals surface area contributed by atoms with E-state index < -0.39 is 32.3 Å². The van der Waals surface area contributed by atoms with E-state index in [0.717, 1.165) is 0 Å². The monoisotopic (exact) mass is 562 g/mol. The minimum atomic E-state index is -5.26. The molecule has 1 aliphatic rings. The number of hydrogen-bond acceptors (Lipinski definition) is 5. The smallest absolute Gasteiger partial charge is 0.302 e. The molecule has 0 radical (unpaired) electrons. The minimum absolute atomic E-state index is 0.0279. The van der Waals surface area contributed by atoms with Crippen LogP contribution in [0.1, 0.15) is 25.7 Å². The van der Waals surface area contributed by atoms with Gasteiger partial charge >= 0.3 is 15.6 Å². The van der Waals surface area contributed by atoms with Gasteiger partial charge in [0.1, 0.15) is 0 Å². The maximum absolute atomic E-state index is 13.3. The highest BCUT2D eigenvalue weighted by Gasteiger charge is 2.71. The van der Waals surface area contributed by atoms with Crippen LogP contribution in [0.4, 0.5) is 0 Å². The molecule has 2 N–H and O–H groups in total.